The van der Waals surface area contributed by atoms with Crippen molar-refractivity contribution in [1.82, 2.24) is 20.3 Å². The van der Waals surface area contributed by atoms with E-state index in [0.29, 0.717) is 18.3 Å². The van der Waals surface area contributed by atoms with Gasteiger partial charge < -0.3 is 21.3 Å². The lowest BCUT2D eigenvalue weighted by atomic mass is 9.73. The number of hydrogen-bond donors (Lipinski definition) is 3. The van der Waals surface area contributed by atoms with Gasteiger partial charge in [-0.05, 0) is 36.8 Å². The zero-order valence-corrected chi connectivity index (χ0v) is 20.4. The number of rotatable bonds is 6. The van der Waals surface area contributed by atoms with E-state index in [9.17, 15) is 0 Å². The van der Waals surface area contributed by atoms with Crippen molar-refractivity contribution in [3.05, 3.63) is 41.5 Å². The molecule has 0 spiro atoms. The van der Waals surface area contributed by atoms with Gasteiger partial charge in [-0.2, -0.15) is 0 Å². The number of anilines is 3. The smallest absolute Gasteiger partial charge is 0.228 e. The summed E-state index contributed by atoms with van der Waals surface area (Å²) in [5, 5.41) is 6.66. The van der Waals surface area contributed by atoms with Crippen LogP contribution in [0.1, 0.15) is 52.3 Å². The Labute approximate surface area is 196 Å². The Morgan fingerprint density at radius 3 is 2.61 bits per heavy atom. The molecule has 33 heavy (non-hydrogen) atoms. The lowest BCUT2D eigenvalue weighted by Crippen LogP contribution is -2.43. The van der Waals surface area contributed by atoms with E-state index in [1.165, 1.54) is 0 Å². The van der Waals surface area contributed by atoms with Gasteiger partial charge in [-0.3, -0.25) is 4.99 Å². The van der Waals surface area contributed by atoms with E-state index in [-0.39, 0.29) is 11.3 Å². The number of nitrogens with zero attached hydrogens (tertiary/aromatic N) is 5. The van der Waals surface area contributed by atoms with E-state index in [1.54, 1.807) is 0 Å². The fraction of sp³-hybridized carbons (Fsp3) is 0.520. The summed E-state index contributed by atoms with van der Waals surface area (Å²) in [7, 11) is 0. The number of hydrogen-bond acceptors (Lipinski definition) is 8. The molecule has 1 fully saturated rings. The molecule has 3 heterocycles. The minimum Gasteiger partial charge on any atom is -0.401 e. The topological polar surface area (TPSA) is 104 Å². The fourth-order valence-electron chi connectivity index (χ4n) is 4.63. The first kappa shape index (κ1) is 23.2. The number of pyridine rings is 1. The van der Waals surface area contributed by atoms with Crippen LogP contribution < -0.4 is 21.3 Å². The van der Waals surface area contributed by atoms with Gasteiger partial charge in [-0.15, -0.1) is 0 Å². The van der Waals surface area contributed by atoms with E-state index < -0.39 is 0 Å². The third kappa shape index (κ3) is 4.85. The summed E-state index contributed by atoms with van der Waals surface area (Å²) in [6.07, 6.45) is 4.59. The normalized spacial score (nSPS) is 18.5. The number of nitrogens with one attached hydrogen (secondary N) is 2. The van der Waals surface area contributed by atoms with E-state index >= 15 is 0 Å². The SMILES string of the molecule is CCN=C(C1=C(N)CC(C)(C)c2cnc(Nc3ccc(N4CCNCC4)cn3)nc21)C(C)C. The van der Waals surface area contributed by atoms with Crippen LogP contribution in [0.3, 0.4) is 0 Å². The molecule has 176 valence electrons. The molecular weight excluding hydrogens is 412 g/mol. The molecule has 0 unspecified atom stereocenters. The van der Waals surface area contributed by atoms with Crippen molar-refractivity contribution >= 4 is 28.7 Å². The monoisotopic (exact) mass is 448 g/mol. The average molecular weight is 449 g/mol. The Morgan fingerprint density at radius 2 is 1.97 bits per heavy atom. The molecule has 0 aromatic carbocycles. The largest absolute Gasteiger partial charge is 0.401 e. The molecule has 1 aliphatic carbocycles. The fourth-order valence-corrected chi connectivity index (χ4v) is 4.63. The third-order valence-corrected chi connectivity index (χ3v) is 6.31. The van der Waals surface area contributed by atoms with Gasteiger partial charge in [0.15, 0.2) is 0 Å². The highest BCUT2D eigenvalue weighted by Gasteiger charge is 2.35. The Morgan fingerprint density at radius 1 is 1.21 bits per heavy atom. The van der Waals surface area contributed by atoms with Crippen molar-refractivity contribution in [2.45, 2.75) is 46.5 Å². The summed E-state index contributed by atoms with van der Waals surface area (Å²) in [4.78, 5) is 21.3. The second-order valence-corrected chi connectivity index (χ2v) is 9.69. The van der Waals surface area contributed by atoms with Crippen LogP contribution in [0.15, 0.2) is 35.2 Å². The van der Waals surface area contributed by atoms with Crippen molar-refractivity contribution in [3.8, 4) is 0 Å². The maximum atomic E-state index is 6.63. The van der Waals surface area contributed by atoms with Crippen molar-refractivity contribution in [2.75, 3.05) is 42.9 Å². The summed E-state index contributed by atoms with van der Waals surface area (Å²) in [5.41, 5.74) is 12.4. The Hall–Kier alpha value is -3.00. The molecule has 4 rings (SSSR count). The van der Waals surface area contributed by atoms with Gasteiger partial charge in [-0.1, -0.05) is 27.7 Å². The van der Waals surface area contributed by atoms with Crippen LogP contribution in [0.4, 0.5) is 17.5 Å². The van der Waals surface area contributed by atoms with Crippen molar-refractivity contribution in [1.29, 1.82) is 0 Å². The first-order valence-electron chi connectivity index (χ1n) is 11.9. The molecule has 0 atom stereocenters. The summed E-state index contributed by atoms with van der Waals surface area (Å²) in [6, 6.07) is 4.07. The Kier molecular flexibility index (Phi) is 6.65. The molecule has 4 N–H and O–H groups in total. The molecule has 2 aliphatic rings. The molecule has 2 aromatic heterocycles. The van der Waals surface area contributed by atoms with Crippen LogP contribution in [-0.2, 0) is 5.41 Å². The number of aromatic nitrogens is 3. The first-order chi connectivity index (χ1) is 15.8. The molecule has 2 aromatic rings. The molecular formula is C25H36N8. The molecule has 8 heteroatoms. The van der Waals surface area contributed by atoms with Gasteiger partial charge in [0.1, 0.15) is 5.82 Å². The van der Waals surface area contributed by atoms with Gasteiger partial charge in [-0.25, -0.2) is 15.0 Å². The average Bonchev–Trinajstić information content (AvgIpc) is 2.79. The minimum atomic E-state index is -0.140. The van der Waals surface area contributed by atoms with Gasteiger partial charge in [0.2, 0.25) is 5.95 Å². The van der Waals surface area contributed by atoms with Crippen molar-refractivity contribution < 1.29 is 0 Å². The van der Waals surface area contributed by atoms with E-state index in [2.05, 4.69) is 66.2 Å². The van der Waals surface area contributed by atoms with Crippen molar-refractivity contribution in [3.63, 3.8) is 0 Å². The van der Waals surface area contributed by atoms with E-state index in [1.807, 2.05) is 18.5 Å². The molecule has 0 saturated carbocycles. The van der Waals surface area contributed by atoms with E-state index in [0.717, 1.165) is 66.5 Å². The van der Waals surface area contributed by atoms with Crippen LogP contribution in [0.5, 0.6) is 0 Å². The highest BCUT2D eigenvalue weighted by Crippen LogP contribution is 2.41. The molecule has 1 saturated heterocycles. The van der Waals surface area contributed by atoms with Gasteiger partial charge in [0.05, 0.1) is 17.6 Å². The molecule has 8 nitrogen and oxygen atoms in total. The number of aliphatic imine (C=N–C) groups is 1. The van der Waals surface area contributed by atoms with Crippen LogP contribution in [-0.4, -0.2) is 53.4 Å². The lowest BCUT2D eigenvalue weighted by molar-refractivity contribution is 0.505. The van der Waals surface area contributed by atoms with Crippen LogP contribution in [0, 0.1) is 5.92 Å². The summed E-state index contributed by atoms with van der Waals surface area (Å²) in [6.45, 7) is 15.4. The summed E-state index contributed by atoms with van der Waals surface area (Å²) in [5.74, 6) is 1.48. The highest BCUT2D eigenvalue weighted by atomic mass is 15.2. The third-order valence-electron chi connectivity index (χ3n) is 6.31. The second-order valence-electron chi connectivity index (χ2n) is 9.69. The van der Waals surface area contributed by atoms with Crippen LogP contribution in [0.2, 0.25) is 0 Å². The number of fused-ring (bicyclic) bond motifs is 1. The molecule has 1 aliphatic heterocycles. The first-order valence-corrected chi connectivity index (χ1v) is 11.9. The Balaban J connectivity index is 1.65. The van der Waals surface area contributed by atoms with Gasteiger partial charge in [0, 0.05) is 61.5 Å². The van der Waals surface area contributed by atoms with Gasteiger partial charge in [0.25, 0.3) is 0 Å². The molecule has 0 radical (unpaired) electrons. The van der Waals surface area contributed by atoms with Crippen molar-refractivity contribution in [2.24, 2.45) is 16.6 Å². The maximum absolute atomic E-state index is 6.63. The zero-order valence-electron chi connectivity index (χ0n) is 20.4. The maximum Gasteiger partial charge on any atom is 0.228 e. The zero-order chi connectivity index (χ0) is 23.6. The van der Waals surface area contributed by atoms with E-state index in [4.69, 9.17) is 15.7 Å². The Bertz CT molecular complexity index is 1050. The van der Waals surface area contributed by atoms with Crippen LogP contribution in [0.25, 0.3) is 5.57 Å². The minimum absolute atomic E-state index is 0.140. The number of allylic oxidation sites excluding steroid dienone is 2. The highest BCUT2D eigenvalue weighted by molar-refractivity contribution is 6.25. The number of piperazine rings is 1. The summed E-state index contributed by atoms with van der Waals surface area (Å²) >= 11 is 0. The quantitative estimate of drug-likeness (QED) is 0.581. The lowest BCUT2D eigenvalue weighted by Gasteiger charge is -2.34. The predicted octanol–water partition coefficient (Wildman–Crippen LogP) is 3.49. The summed E-state index contributed by atoms with van der Waals surface area (Å²) < 4.78 is 0. The van der Waals surface area contributed by atoms with Crippen LogP contribution >= 0.6 is 0 Å². The predicted molar refractivity (Wildman–Crippen MR) is 136 cm³/mol. The molecule has 0 bridgehead atoms. The second kappa shape index (κ2) is 9.47. The molecule has 0 amide bonds. The standard InChI is InChI=1S/C25H36N8/c1-6-28-22(16(2)3)21-19(26)13-25(4,5)18-15-30-24(32-23(18)21)31-20-8-7-17(14-29-20)33-11-9-27-10-12-33/h7-8,14-16,27H,6,9-13,26H2,1-5H3,(H,29,30,31,32). The number of nitrogens with two attached hydrogens (primary N) is 1. The van der Waals surface area contributed by atoms with Gasteiger partial charge >= 0.3 is 0 Å².